The topological polar surface area (TPSA) is 139 Å². The lowest BCUT2D eigenvalue weighted by Gasteiger charge is -2.21. The van der Waals surface area contributed by atoms with Crippen LogP contribution in [0.2, 0.25) is 0 Å². The molecule has 3 unspecified atom stereocenters. The summed E-state index contributed by atoms with van der Waals surface area (Å²) in [5, 5.41) is 2.80. The molecule has 232 valence electrons. The highest BCUT2D eigenvalue weighted by atomic mass is 32.1. The molecule has 2 aliphatic heterocycles. The third-order valence-corrected chi connectivity index (χ3v) is 10.0. The predicted octanol–water partition coefficient (Wildman–Crippen LogP) is 3.50. The van der Waals surface area contributed by atoms with Gasteiger partial charge in [0.05, 0.1) is 45.9 Å². The van der Waals surface area contributed by atoms with E-state index in [-0.39, 0.29) is 83.0 Å². The number of aryl methyl sites for hydroxylation is 1. The highest BCUT2D eigenvalue weighted by Crippen LogP contribution is 2.63. The second-order valence-corrected chi connectivity index (χ2v) is 13.5. The maximum atomic E-state index is 14.0. The van der Waals surface area contributed by atoms with Gasteiger partial charge in [0, 0.05) is 35.8 Å². The number of nitrogens with one attached hydrogen (secondary N) is 1. The fraction of sp³-hybridized carbons (Fsp3) is 0.467. The zero-order valence-corrected chi connectivity index (χ0v) is 25.3. The molecule has 6 rings (SSSR count). The number of carbonyl (C=O) groups excluding carboxylic acids is 4. The minimum Gasteiger partial charge on any atom is -0.350 e. The molecule has 3 aromatic heterocycles. The monoisotopic (exact) mass is 628 g/mol. The van der Waals surface area contributed by atoms with Gasteiger partial charge in [0.2, 0.25) is 17.7 Å². The van der Waals surface area contributed by atoms with E-state index in [1.165, 1.54) is 40.3 Å². The summed E-state index contributed by atoms with van der Waals surface area (Å²) in [7, 11) is 0. The van der Waals surface area contributed by atoms with E-state index in [0.717, 1.165) is 6.07 Å². The Bertz CT molecular complexity index is 1710. The molecule has 0 aromatic carbocycles. The third kappa shape index (κ3) is 4.93. The van der Waals surface area contributed by atoms with Crippen LogP contribution in [0.1, 0.15) is 53.7 Å². The van der Waals surface area contributed by atoms with Gasteiger partial charge in [-0.3, -0.25) is 29.1 Å². The van der Waals surface area contributed by atoms with Gasteiger partial charge in [0.25, 0.3) is 5.91 Å². The van der Waals surface area contributed by atoms with E-state index in [2.05, 4.69) is 15.3 Å². The van der Waals surface area contributed by atoms with Crippen LogP contribution >= 0.6 is 11.3 Å². The molecule has 3 aromatic rings. The summed E-state index contributed by atoms with van der Waals surface area (Å²) in [4.78, 5) is 63.5. The molecule has 4 atom stereocenters. The van der Waals surface area contributed by atoms with Crippen LogP contribution in [0.15, 0.2) is 24.4 Å². The van der Waals surface area contributed by atoms with Crippen molar-refractivity contribution in [3.05, 3.63) is 46.1 Å². The van der Waals surface area contributed by atoms with Gasteiger partial charge in [-0.15, -0.1) is 11.3 Å². The number of halogens is 3. The number of rotatable bonds is 6. The molecule has 0 radical (unpaired) electrons. The predicted molar refractivity (Wildman–Crippen MR) is 155 cm³/mol. The molecular weight excluding hydrogens is 597 g/mol. The first kappa shape index (κ1) is 30.1. The second kappa shape index (κ2) is 10.3. The number of fused-ring (bicyclic) bond motifs is 2. The van der Waals surface area contributed by atoms with Crippen LogP contribution in [0.4, 0.5) is 13.2 Å². The third-order valence-electron chi connectivity index (χ3n) is 8.88. The molecule has 4 amide bonds. The number of imide groups is 1. The average molecular weight is 629 g/mol. The number of nitrogens with two attached hydrogens (primary N) is 1. The van der Waals surface area contributed by atoms with Crippen LogP contribution in [-0.4, -0.2) is 68.6 Å². The summed E-state index contributed by atoms with van der Waals surface area (Å²) in [6.07, 6.45) is -2.87. The molecule has 3 aliphatic rings. The number of likely N-dealkylation sites (tertiary alicyclic amines) is 2. The summed E-state index contributed by atoms with van der Waals surface area (Å²) >= 11 is 1.19. The van der Waals surface area contributed by atoms with Gasteiger partial charge in [0.1, 0.15) is 5.69 Å². The fourth-order valence-corrected chi connectivity index (χ4v) is 7.52. The van der Waals surface area contributed by atoms with Crippen LogP contribution in [0.3, 0.4) is 0 Å². The SMILES string of the molecule is Cc1cc(C(F)(F)F)nc(-c2ccnc3cc(CN4C(=O)C5C(C4=O)C5(C)C)sc23)c1C(=O)N1CC[C@H](NC(=O)C(C)N)C1. The second-order valence-electron chi connectivity index (χ2n) is 12.4. The number of thiophene rings is 1. The molecule has 3 fully saturated rings. The van der Waals surface area contributed by atoms with Gasteiger partial charge < -0.3 is 16.0 Å². The van der Waals surface area contributed by atoms with E-state index in [4.69, 9.17) is 5.73 Å². The van der Waals surface area contributed by atoms with E-state index in [0.29, 0.717) is 21.5 Å². The Balaban J connectivity index is 1.36. The highest BCUT2D eigenvalue weighted by molar-refractivity contribution is 7.19. The molecular formula is C30H31F3N6O4S. The largest absolute Gasteiger partial charge is 0.433 e. The van der Waals surface area contributed by atoms with E-state index in [9.17, 15) is 32.3 Å². The minimum absolute atomic E-state index is 0.0202. The molecule has 1 aliphatic carbocycles. The fourth-order valence-electron chi connectivity index (χ4n) is 6.40. The molecule has 10 nitrogen and oxygen atoms in total. The zero-order valence-electron chi connectivity index (χ0n) is 24.5. The smallest absolute Gasteiger partial charge is 0.350 e. The number of pyridine rings is 2. The van der Waals surface area contributed by atoms with Gasteiger partial charge >= 0.3 is 6.18 Å². The first-order chi connectivity index (χ1) is 20.6. The summed E-state index contributed by atoms with van der Waals surface area (Å²) in [6.45, 7) is 7.27. The number of nitrogens with zero attached hydrogens (tertiary/aromatic N) is 4. The molecule has 44 heavy (non-hydrogen) atoms. The summed E-state index contributed by atoms with van der Waals surface area (Å²) < 4.78 is 42.4. The Morgan fingerprint density at radius 1 is 1.20 bits per heavy atom. The number of aromatic nitrogens is 2. The number of carbonyl (C=O) groups is 4. The first-order valence-electron chi connectivity index (χ1n) is 14.3. The molecule has 0 spiro atoms. The number of alkyl halides is 3. The number of piperidine rings is 1. The maximum Gasteiger partial charge on any atom is 0.433 e. The molecule has 14 heteroatoms. The molecule has 5 heterocycles. The van der Waals surface area contributed by atoms with Crippen molar-refractivity contribution in [2.75, 3.05) is 13.1 Å². The van der Waals surface area contributed by atoms with Crippen LogP contribution in [-0.2, 0) is 27.1 Å². The highest BCUT2D eigenvalue weighted by Gasteiger charge is 2.72. The van der Waals surface area contributed by atoms with Crippen molar-refractivity contribution in [1.29, 1.82) is 0 Å². The summed E-state index contributed by atoms with van der Waals surface area (Å²) in [5.74, 6) is -1.97. The Labute approximate surface area is 254 Å². The normalized spacial score (nSPS) is 23.3. The van der Waals surface area contributed by atoms with Crippen molar-refractivity contribution in [2.45, 2.75) is 58.9 Å². The Morgan fingerprint density at radius 3 is 2.52 bits per heavy atom. The lowest BCUT2D eigenvalue weighted by molar-refractivity contribution is -0.144. The summed E-state index contributed by atoms with van der Waals surface area (Å²) in [6, 6.07) is 3.01. The van der Waals surface area contributed by atoms with Gasteiger partial charge in [-0.05, 0) is 49.4 Å². The Hall–Kier alpha value is -3.91. The van der Waals surface area contributed by atoms with Crippen LogP contribution in [0.5, 0.6) is 0 Å². The van der Waals surface area contributed by atoms with Crippen molar-refractivity contribution < 1.29 is 32.3 Å². The zero-order chi connectivity index (χ0) is 31.9. The van der Waals surface area contributed by atoms with Crippen molar-refractivity contribution in [1.82, 2.24) is 25.1 Å². The molecule has 0 bridgehead atoms. The molecule has 1 saturated carbocycles. The van der Waals surface area contributed by atoms with Crippen molar-refractivity contribution >= 4 is 45.2 Å². The van der Waals surface area contributed by atoms with E-state index in [1.54, 1.807) is 13.0 Å². The standard InChI is InChI=1S/C30H31F3N6O4S/c1-13-9-19(30(31,32)33)37-23(20(13)26(41)38-8-6-15(11-38)36-25(40)14(2)34)17-5-7-35-18-10-16(44-24(17)18)12-39-27(42)21-22(28(39)43)29(21,3)4/h5,7,9-10,14-15,21-22H,6,8,11-12,34H2,1-4H3,(H,36,40)/t14?,15-,21?,22?/m0/s1. The van der Waals surface area contributed by atoms with Crippen molar-refractivity contribution in [3.8, 4) is 11.3 Å². The minimum atomic E-state index is -4.76. The van der Waals surface area contributed by atoms with E-state index < -0.39 is 23.8 Å². The molecule has 3 N–H and O–H groups in total. The number of amides is 4. The van der Waals surface area contributed by atoms with Crippen molar-refractivity contribution in [2.24, 2.45) is 23.0 Å². The van der Waals surface area contributed by atoms with Gasteiger partial charge in [0.15, 0.2) is 0 Å². The Kier molecular flexibility index (Phi) is 7.07. The summed E-state index contributed by atoms with van der Waals surface area (Å²) in [5.41, 5.74) is 4.88. The molecule has 2 saturated heterocycles. The number of hydrogen-bond acceptors (Lipinski definition) is 8. The Morgan fingerprint density at radius 2 is 1.89 bits per heavy atom. The number of hydrogen-bond donors (Lipinski definition) is 2. The lowest BCUT2D eigenvalue weighted by atomic mass is 9.99. The maximum absolute atomic E-state index is 14.0. The van der Waals surface area contributed by atoms with Gasteiger partial charge in [-0.25, -0.2) is 4.98 Å². The van der Waals surface area contributed by atoms with Gasteiger partial charge in [-0.2, -0.15) is 13.2 Å². The first-order valence-corrected chi connectivity index (χ1v) is 15.1. The quantitative estimate of drug-likeness (QED) is 0.399. The lowest BCUT2D eigenvalue weighted by Crippen LogP contribution is -2.45. The van der Waals surface area contributed by atoms with E-state index >= 15 is 0 Å². The van der Waals surface area contributed by atoms with Gasteiger partial charge in [-0.1, -0.05) is 13.8 Å². The van der Waals surface area contributed by atoms with Crippen LogP contribution < -0.4 is 11.1 Å². The van der Waals surface area contributed by atoms with E-state index in [1.807, 2.05) is 13.8 Å². The van der Waals surface area contributed by atoms with Crippen LogP contribution in [0.25, 0.3) is 21.5 Å². The van der Waals surface area contributed by atoms with Crippen LogP contribution in [0, 0.1) is 24.2 Å². The van der Waals surface area contributed by atoms with Crippen molar-refractivity contribution in [3.63, 3.8) is 0 Å². The average Bonchev–Trinajstić information content (AvgIpc) is 3.35.